The zero-order chi connectivity index (χ0) is 20.1. The molecule has 0 aliphatic carbocycles. The van der Waals surface area contributed by atoms with Gasteiger partial charge >= 0.3 is 0 Å². The Morgan fingerprint density at radius 1 is 1.07 bits per heavy atom. The Kier molecular flexibility index (Phi) is 5.99. The van der Waals surface area contributed by atoms with Crippen molar-refractivity contribution in [3.05, 3.63) is 59.8 Å². The fourth-order valence-electron chi connectivity index (χ4n) is 3.02. The highest BCUT2D eigenvalue weighted by Crippen LogP contribution is 2.29. The number of fused-ring (bicyclic) bond motifs is 1. The largest absolute Gasteiger partial charge is 0.497 e. The van der Waals surface area contributed by atoms with Gasteiger partial charge in [-0.2, -0.15) is 0 Å². The van der Waals surface area contributed by atoms with Crippen LogP contribution in [0.15, 0.2) is 48.5 Å². The van der Waals surface area contributed by atoms with Crippen molar-refractivity contribution >= 4 is 16.8 Å². The van der Waals surface area contributed by atoms with E-state index in [0.29, 0.717) is 17.2 Å². The van der Waals surface area contributed by atoms with Gasteiger partial charge in [-0.15, -0.1) is 0 Å². The van der Waals surface area contributed by atoms with Crippen molar-refractivity contribution in [1.29, 1.82) is 0 Å². The molecular weight excluding hydrogens is 356 g/mol. The smallest absolute Gasteiger partial charge is 0.258 e. The van der Waals surface area contributed by atoms with Gasteiger partial charge in [0.05, 0.1) is 20.3 Å². The third-order valence-electron chi connectivity index (χ3n) is 4.46. The molecule has 3 aromatic rings. The van der Waals surface area contributed by atoms with E-state index in [0.717, 1.165) is 22.2 Å². The van der Waals surface area contributed by atoms with E-state index in [4.69, 9.17) is 14.2 Å². The molecule has 0 aliphatic rings. The van der Waals surface area contributed by atoms with E-state index in [2.05, 4.69) is 10.3 Å². The van der Waals surface area contributed by atoms with Crippen LogP contribution in [0.3, 0.4) is 0 Å². The lowest BCUT2D eigenvalue weighted by atomic mass is 10.1. The quantitative estimate of drug-likeness (QED) is 0.675. The first-order valence-corrected chi connectivity index (χ1v) is 9.02. The summed E-state index contributed by atoms with van der Waals surface area (Å²) in [4.78, 5) is 16.9. The topological polar surface area (TPSA) is 69.7 Å². The number of hydrogen-bond acceptors (Lipinski definition) is 5. The number of para-hydroxylation sites is 1. The molecule has 146 valence electrons. The van der Waals surface area contributed by atoms with Crippen LogP contribution in [0.2, 0.25) is 0 Å². The van der Waals surface area contributed by atoms with E-state index < -0.39 is 0 Å². The summed E-state index contributed by atoms with van der Waals surface area (Å²) < 4.78 is 16.4. The number of hydrogen-bond donors (Lipinski definition) is 1. The number of benzene rings is 2. The van der Waals surface area contributed by atoms with E-state index >= 15 is 0 Å². The van der Waals surface area contributed by atoms with Gasteiger partial charge < -0.3 is 19.5 Å². The van der Waals surface area contributed by atoms with Crippen LogP contribution < -0.4 is 19.5 Å². The molecule has 0 saturated carbocycles. The zero-order valence-corrected chi connectivity index (χ0v) is 16.5. The van der Waals surface area contributed by atoms with Crippen LogP contribution in [0.1, 0.15) is 24.2 Å². The first-order chi connectivity index (χ1) is 13.5. The molecule has 3 rings (SSSR count). The number of nitrogens with one attached hydrogen (secondary N) is 1. The summed E-state index contributed by atoms with van der Waals surface area (Å²) in [6.45, 7) is 3.70. The van der Waals surface area contributed by atoms with Crippen LogP contribution in [-0.2, 0) is 4.79 Å². The number of carbonyl (C=O) groups is 1. The van der Waals surface area contributed by atoms with Gasteiger partial charge in [0.2, 0.25) is 0 Å². The van der Waals surface area contributed by atoms with Crippen molar-refractivity contribution in [3.8, 4) is 17.2 Å². The maximum atomic E-state index is 12.4. The monoisotopic (exact) mass is 380 g/mol. The molecule has 1 atom stereocenters. The summed E-state index contributed by atoms with van der Waals surface area (Å²) in [5.74, 6) is 1.73. The normalized spacial score (nSPS) is 11.7. The number of rotatable bonds is 7. The second-order valence-electron chi connectivity index (χ2n) is 6.47. The third kappa shape index (κ3) is 4.34. The lowest BCUT2D eigenvalue weighted by Crippen LogP contribution is -2.31. The highest BCUT2D eigenvalue weighted by atomic mass is 16.5. The van der Waals surface area contributed by atoms with Crippen LogP contribution in [0.4, 0.5) is 0 Å². The predicted molar refractivity (Wildman–Crippen MR) is 108 cm³/mol. The first kappa shape index (κ1) is 19.5. The number of carbonyl (C=O) groups excluding carboxylic acids is 1. The van der Waals surface area contributed by atoms with Gasteiger partial charge in [0.15, 0.2) is 6.61 Å². The van der Waals surface area contributed by atoms with Gasteiger partial charge in [-0.25, -0.2) is 4.98 Å². The number of amides is 1. The van der Waals surface area contributed by atoms with Crippen molar-refractivity contribution in [2.75, 3.05) is 20.8 Å². The number of ether oxygens (including phenoxy) is 3. The third-order valence-corrected chi connectivity index (χ3v) is 4.46. The second-order valence-corrected chi connectivity index (χ2v) is 6.47. The standard InChI is InChI=1S/C22H24N2O4/c1-14-8-9-16-6-5-7-20(22(16)23-14)28-13-21(25)24-15(2)18-12-17(26-3)10-11-19(18)27-4/h5-12,15H,13H2,1-4H3,(H,24,25). The molecule has 0 bridgehead atoms. The van der Waals surface area contributed by atoms with E-state index in [1.165, 1.54) is 0 Å². The molecule has 0 radical (unpaired) electrons. The molecule has 1 aromatic heterocycles. The Balaban J connectivity index is 1.69. The van der Waals surface area contributed by atoms with Crippen molar-refractivity contribution < 1.29 is 19.0 Å². The summed E-state index contributed by atoms with van der Waals surface area (Å²) in [5.41, 5.74) is 2.47. The molecular formula is C22H24N2O4. The Hall–Kier alpha value is -3.28. The summed E-state index contributed by atoms with van der Waals surface area (Å²) in [6, 6.07) is 14.8. The van der Waals surface area contributed by atoms with Gasteiger partial charge in [0.1, 0.15) is 22.8 Å². The molecule has 1 heterocycles. The SMILES string of the molecule is COc1ccc(OC)c(C(C)NC(=O)COc2cccc3ccc(C)nc23)c1. The van der Waals surface area contributed by atoms with Gasteiger partial charge in [-0.05, 0) is 44.2 Å². The fourth-order valence-corrected chi connectivity index (χ4v) is 3.02. The Bertz CT molecular complexity index is 987. The minimum Gasteiger partial charge on any atom is -0.497 e. The summed E-state index contributed by atoms with van der Waals surface area (Å²) in [6.07, 6.45) is 0. The average molecular weight is 380 g/mol. The number of nitrogens with zero attached hydrogens (tertiary/aromatic N) is 1. The predicted octanol–water partition coefficient (Wildman–Crippen LogP) is 3.82. The fraction of sp³-hybridized carbons (Fsp3) is 0.273. The molecule has 1 N–H and O–H groups in total. The van der Waals surface area contributed by atoms with Crippen LogP contribution >= 0.6 is 0 Å². The lowest BCUT2D eigenvalue weighted by Gasteiger charge is -2.18. The number of aromatic nitrogens is 1. The van der Waals surface area contributed by atoms with Gasteiger partial charge in [0.25, 0.3) is 5.91 Å². The summed E-state index contributed by atoms with van der Waals surface area (Å²) in [7, 11) is 3.20. The van der Waals surface area contributed by atoms with E-state index in [-0.39, 0.29) is 18.6 Å². The van der Waals surface area contributed by atoms with Crippen molar-refractivity contribution in [2.24, 2.45) is 0 Å². The highest BCUT2D eigenvalue weighted by Gasteiger charge is 2.16. The molecule has 28 heavy (non-hydrogen) atoms. The van der Waals surface area contributed by atoms with E-state index in [1.54, 1.807) is 14.2 Å². The van der Waals surface area contributed by atoms with Crippen molar-refractivity contribution in [3.63, 3.8) is 0 Å². The number of aryl methyl sites for hydroxylation is 1. The minimum absolute atomic E-state index is 0.106. The zero-order valence-electron chi connectivity index (χ0n) is 16.5. The molecule has 0 aliphatic heterocycles. The van der Waals surface area contributed by atoms with Gasteiger partial charge in [-0.1, -0.05) is 18.2 Å². The minimum atomic E-state index is -0.269. The molecule has 6 heteroatoms. The molecule has 1 amide bonds. The average Bonchev–Trinajstić information content (AvgIpc) is 2.71. The molecule has 1 unspecified atom stereocenters. The highest BCUT2D eigenvalue weighted by molar-refractivity contribution is 5.85. The van der Waals surface area contributed by atoms with Gasteiger partial charge in [0, 0.05) is 16.6 Å². The number of pyridine rings is 1. The second kappa shape index (κ2) is 8.61. The van der Waals surface area contributed by atoms with Crippen molar-refractivity contribution in [1.82, 2.24) is 10.3 Å². The van der Waals surface area contributed by atoms with Crippen LogP contribution in [0.5, 0.6) is 17.2 Å². The van der Waals surface area contributed by atoms with Crippen LogP contribution in [0.25, 0.3) is 10.9 Å². The van der Waals surface area contributed by atoms with Gasteiger partial charge in [-0.3, -0.25) is 4.79 Å². The van der Waals surface area contributed by atoms with Crippen LogP contribution in [-0.4, -0.2) is 31.7 Å². The van der Waals surface area contributed by atoms with E-state index in [9.17, 15) is 4.79 Å². The maximum absolute atomic E-state index is 12.4. The molecule has 0 saturated heterocycles. The summed E-state index contributed by atoms with van der Waals surface area (Å²) >= 11 is 0. The summed E-state index contributed by atoms with van der Waals surface area (Å²) in [5, 5.41) is 3.90. The van der Waals surface area contributed by atoms with Crippen molar-refractivity contribution in [2.45, 2.75) is 19.9 Å². The van der Waals surface area contributed by atoms with E-state index in [1.807, 2.05) is 62.4 Å². The number of methoxy groups -OCH3 is 2. The molecule has 6 nitrogen and oxygen atoms in total. The van der Waals surface area contributed by atoms with Crippen LogP contribution in [0, 0.1) is 6.92 Å². The lowest BCUT2D eigenvalue weighted by molar-refractivity contribution is -0.123. The molecule has 0 fully saturated rings. The Morgan fingerprint density at radius 3 is 2.64 bits per heavy atom. The molecule has 2 aromatic carbocycles. The molecule has 0 spiro atoms. The Morgan fingerprint density at radius 2 is 1.89 bits per heavy atom. The maximum Gasteiger partial charge on any atom is 0.258 e. The first-order valence-electron chi connectivity index (χ1n) is 9.02. The Labute approximate surface area is 164 Å².